The van der Waals surface area contributed by atoms with E-state index in [1.807, 2.05) is 0 Å². The smallest absolute Gasteiger partial charge is 0.350 e. The standard InChI is InChI=1S/C14H14N2O4S/c1-8-7-21-12(14(19)20-3)11(8)15-13(18)9-4-5-16(2)10(17)6-9/h4-7H,1-3H3,(H,15,18). The zero-order valence-electron chi connectivity index (χ0n) is 11.8. The molecule has 0 fully saturated rings. The Balaban J connectivity index is 2.31. The van der Waals surface area contributed by atoms with Crippen molar-refractivity contribution in [3.05, 3.63) is 50.1 Å². The van der Waals surface area contributed by atoms with Gasteiger partial charge in [0.1, 0.15) is 4.88 Å². The predicted octanol–water partition coefficient (Wildman–Crippen LogP) is 1.79. The molecule has 0 saturated carbocycles. The lowest BCUT2D eigenvalue weighted by atomic mass is 10.2. The van der Waals surface area contributed by atoms with Gasteiger partial charge in [-0.05, 0) is 23.9 Å². The van der Waals surface area contributed by atoms with Gasteiger partial charge in [0, 0.05) is 24.9 Å². The minimum atomic E-state index is -0.507. The van der Waals surface area contributed by atoms with Crippen LogP contribution in [0.3, 0.4) is 0 Å². The first kappa shape index (κ1) is 15.0. The van der Waals surface area contributed by atoms with Gasteiger partial charge in [0.25, 0.3) is 11.5 Å². The number of thiophene rings is 1. The molecule has 110 valence electrons. The molecule has 2 aromatic heterocycles. The fourth-order valence-electron chi connectivity index (χ4n) is 1.72. The number of carbonyl (C=O) groups is 2. The summed E-state index contributed by atoms with van der Waals surface area (Å²) < 4.78 is 6.05. The van der Waals surface area contributed by atoms with Gasteiger partial charge in [-0.25, -0.2) is 4.79 Å². The van der Waals surface area contributed by atoms with Crippen LogP contribution in [0.2, 0.25) is 0 Å². The van der Waals surface area contributed by atoms with E-state index in [1.54, 1.807) is 19.4 Å². The summed E-state index contributed by atoms with van der Waals surface area (Å²) >= 11 is 1.20. The first-order valence-corrected chi connectivity index (χ1v) is 6.96. The number of ether oxygens (including phenoxy) is 1. The Hall–Kier alpha value is -2.41. The summed E-state index contributed by atoms with van der Waals surface area (Å²) in [7, 11) is 2.88. The SMILES string of the molecule is COC(=O)c1scc(C)c1NC(=O)c1ccn(C)c(=O)c1. The molecular weight excluding hydrogens is 292 g/mol. The van der Waals surface area contributed by atoms with Crippen LogP contribution in [0.25, 0.3) is 0 Å². The van der Waals surface area contributed by atoms with E-state index in [1.165, 1.54) is 41.3 Å². The molecule has 0 aromatic carbocycles. The van der Waals surface area contributed by atoms with Crippen molar-refractivity contribution >= 4 is 28.9 Å². The average molecular weight is 306 g/mol. The maximum atomic E-state index is 12.2. The summed E-state index contributed by atoms with van der Waals surface area (Å²) in [5.41, 5.74) is 1.13. The van der Waals surface area contributed by atoms with Gasteiger partial charge in [0.2, 0.25) is 0 Å². The predicted molar refractivity (Wildman–Crippen MR) is 80.0 cm³/mol. The lowest BCUT2D eigenvalue weighted by molar-refractivity contribution is 0.0607. The summed E-state index contributed by atoms with van der Waals surface area (Å²) in [6.45, 7) is 1.78. The number of methoxy groups -OCH3 is 1. The van der Waals surface area contributed by atoms with Gasteiger partial charge in [-0.1, -0.05) is 0 Å². The second-order valence-electron chi connectivity index (χ2n) is 4.43. The quantitative estimate of drug-likeness (QED) is 0.877. The maximum absolute atomic E-state index is 12.2. The fourth-order valence-corrected chi connectivity index (χ4v) is 2.64. The molecule has 0 atom stereocenters. The highest BCUT2D eigenvalue weighted by Crippen LogP contribution is 2.28. The third kappa shape index (κ3) is 3.03. The monoisotopic (exact) mass is 306 g/mol. The molecule has 2 aromatic rings. The summed E-state index contributed by atoms with van der Waals surface area (Å²) in [6.07, 6.45) is 1.51. The van der Waals surface area contributed by atoms with Crippen molar-refractivity contribution in [2.45, 2.75) is 6.92 Å². The molecule has 2 heterocycles. The van der Waals surface area contributed by atoms with E-state index in [0.717, 1.165) is 5.56 Å². The molecule has 6 nitrogen and oxygen atoms in total. The Bertz CT molecular complexity index is 761. The minimum Gasteiger partial charge on any atom is -0.465 e. The fraction of sp³-hybridized carbons (Fsp3) is 0.214. The van der Waals surface area contributed by atoms with Gasteiger partial charge in [-0.2, -0.15) is 0 Å². The number of esters is 1. The molecule has 0 spiro atoms. The van der Waals surface area contributed by atoms with Crippen molar-refractivity contribution < 1.29 is 14.3 Å². The summed E-state index contributed by atoms with van der Waals surface area (Å²) in [6, 6.07) is 2.78. The summed E-state index contributed by atoms with van der Waals surface area (Å²) in [5.74, 6) is -0.952. The van der Waals surface area contributed by atoms with Crippen LogP contribution in [0.5, 0.6) is 0 Å². The Morgan fingerprint density at radius 3 is 2.71 bits per heavy atom. The number of nitrogens with one attached hydrogen (secondary N) is 1. The van der Waals surface area contributed by atoms with Crippen molar-refractivity contribution in [3.8, 4) is 0 Å². The lowest BCUT2D eigenvalue weighted by Gasteiger charge is -2.07. The van der Waals surface area contributed by atoms with E-state index >= 15 is 0 Å². The number of nitrogens with zero attached hydrogens (tertiary/aromatic N) is 1. The number of pyridine rings is 1. The van der Waals surface area contributed by atoms with Crippen molar-refractivity contribution in [2.75, 3.05) is 12.4 Å². The molecule has 0 aliphatic rings. The van der Waals surface area contributed by atoms with E-state index in [9.17, 15) is 14.4 Å². The van der Waals surface area contributed by atoms with Crippen LogP contribution in [0, 0.1) is 6.92 Å². The number of hydrogen-bond acceptors (Lipinski definition) is 5. The summed E-state index contributed by atoms with van der Waals surface area (Å²) in [4.78, 5) is 35.7. The van der Waals surface area contributed by atoms with Crippen LogP contribution >= 0.6 is 11.3 Å². The number of amides is 1. The van der Waals surface area contributed by atoms with Crippen molar-refractivity contribution in [1.82, 2.24) is 4.57 Å². The molecule has 21 heavy (non-hydrogen) atoms. The van der Waals surface area contributed by atoms with Gasteiger partial charge in [0.05, 0.1) is 12.8 Å². The molecule has 1 N–H and O–H groups in total. The number of hydrogen-bond donors (Lipinski definition) is 1. The minimum absolute atomic E-state index is 0.236. The molecule has 2 rings (SSSR count). The molecule has 0 bridgehead atoms. The van der Waals surface area contributed by atoms with Crippen LogP contribution in [0.4, 0.5) is 5.69 Å². The highest BCUT2D eigenvalue weighted by molar-refractivity contribution is 7.12. The van der Waals surface area contributed by atoms with Crippen LogP contribution in [0.15, 0.2) is 28.5 Å². The first-order chi connectivity index (χ1) is 9.93. The van der Waals surface area contributed by atoms with Crippen molar-refractivity contribution in [1.29, 1.82) is 0 Å². The Morgan fingerprint density at radius 1 is 1.38 bits per heavy atom. The third-order valence-electron chi connectivity index (χ3n) is 2.95. The molecule has 0 saturated heterocycles. The molecule has 1 amide bonds. The van der Waals surface area contributed by atoms with Gasteiger partial charge in [0.15, 0.2) is 0 Å². The molecule has 7 heteroatoms. The van der Waals surface area contributed by atoms with Crippen LogP contribution < -0.4 is 10.9 Å². The number of carbonyl (C=O) groups excluding carboxylic acids is 2. The van der Waals surface area contributed by atoms with E-state index in [-0.39, 0.29) is 11.1 Å². The highest BCUT2D eigenvalue weighted by Gasteiger charge is 2.19. The zero-order valence-corrected chi connectivity index (χ0v) is 12.6. The van der Waals surface area contributed by atoms with E-state index in [4.69, 9.17) is 0 Å². The largest absolute Gasteiger partial charge is 0.465 e. The van der Waals surface area contributed by atoms with E-state index in [2.05, 4.69) is 10.1 Å². The highest BCUT2D eigenvalue weighted by atomic mass is 32.1. The number of aryl methyl sites for hydroxylation is 2. The van der Waals surface area contributed by atoms with E-state index < -0.39 is 11.9 Å². The zero-order chi connectivity index (χ0) is 15.6. The van der Waals surface area contributed by atoms with Crippen LogP contribution in [0.1, 0.15) is 25.6 Å². The topological polar surface area (TPSA) is 77.4 Å². The lowest BCUT2D eigenvalue weighted by Crippen LogP contribution is -2.20. The van der Waals surface area contributed by atoms with Gasteiger partial charge in [-0.15, -0.1) is 11.3 Å². The van der Waals surface area contributed by atoms with Gasteiger partial charge in [-0.3, -0.25) is 9.59 Å². The molecular formula is C14H14N2O4S. The Labute approximate surface area is 125 Å². The third-order valence-corrected chi connectivity index (χ3v) is 4.03. The first-order valence-electron chi connectivity index (χ1n) is 6.08. The molecule has 0 aliphatic carbocycles. The normalized spacial score (nSPS) is 10.2. The molecule has 0 radical (unpaired) electrons. The molecule has 0 unspecified atom stereocenters. The van der Waals surface area contributed by atoms with Gasteiger partial charge >= 0.3 is 5.97 Å². The van der Waals surface area contributed by atoms with Crippen LogP contribution in [-0.4, -0.2) is 23.6 Å². The number of aromatic nitrogens is 1. The van der Waals surface area contributed by atoms with Crippen LogP contribution in [-0.2, 0) is 11.8 Å². The van der Waals surface area contributed by atoms with Crippen molar-refractivity contribution in [2.24, 2.45) is 7.05 Å². The van der Waals surface area contributed by atoms with Gasteiger partial charge < -0.3 is 14.6 Å². The van der Waals surface area contributed by atoms with E-state index in [0.29, 0.717) is 10.6 Å². The Kier molecular flexibility index (Phi) is 4.23. The number of rotatable bonds is 3. The summed E-state index contributed by atoms with van der Waals surface area (Å²) in [5, 5.41) is 4.42. The second-order valence-corrected chi connectivity index (χ2v) is 5.31. The Morgan fingerprint density at radius 2 is 2.10 bits per heavy atom. The van der Waals surface area contributed by atoms with Crippen molar-refractivity contribution in [3.63, 3.8) is 0 Å². The molecule has 0 aliphatic heterocycles. The second kappa shape index (κ2) is 5.92. The average Bonchev–Trinajstić information content (AvgIpc) is 2.82. The maximum Gasteiger partial charge on any atom is 0.350 e. The number of anilines is 1.